The zero-order chi connectivity index (χ0) is 9.40. The summed E-state index contributed by atoms with van der Waals surface area (Å²) in [4.78, 5) is 0. The molecule has 2 nitrogen and oxygen atoms in total. The smallest absolute Gasteiger partial charge is 0.0655 e. The molecule has 0 atom stereocenters. The van der Waals surface area contributed by atoms with Crippen molar-refractivity contribution in [2.24, 2.45) is 5.92 Å². The molecule has 80 valence electrons. The van der Waals surface area contributed by atoms with Crippen LogP contribution in [-0.2, 0) is 21.1 Å². The molecular weight excluding hydrogens is 390 g/mol. The molecule has 0 saturated heterocycles. The monoisotopic (exact) mass is 403 g/mol. The average Bonchev–Trinajstić information content (AvgIpc) is 2.05. The molecule has 0 N–H and O–H groups in total. The van der Waals surface area contributed by atoms with Crippen LogP contribution >= 0.6 is 23.6 Å². The van der Waals surface area contributed by atoms with Crippen molar-refractivity contribution in [1.82, 2.24) is 3.94 Å². The summed E-state index contributed by atoms with van der Waals surface area (Å²) in [5.74, 6) is 0.392. The molecule has 1 aliphatic rings. The molecule has 13 heavy (non-hydrogen) atoms. The molecule has 0 aromatic carbocycles. The minimum Gasteiger partial charge on any atom is -0.198 e. The molecule has 0 amide bonds. The van der Waals surface area contributed by atoms with Crippen molar-refractivity contribution >= 4 is 23.6 Å². The van der Waals surface area contributed by atoms with Gasteiger partial charge in [0.1, 0.15) is 0 Å². The largest absolute Gasteiger partial charge is 0.198 e. The average molecular weight is 404 g/mol. The summed E-state index contributed by atoms with van der Waals surface area (Å²) in [6, 6.07) is 2.30. The van der Waals surface area contributed by atoms with Crippen molar-refractivity contribution in [3.63, 3.8) is 0 Å². The van der Waals surface area contributed by atoms with Crippen LogP contribution in [-0.4, -0.2) is 11.0 Å². The van der Waals surface area contributed by atoms with Gasteiger partial charge in [0.25, 0.3) is 0 Å². The first-order valence-corrected chi connectivity index (χ1v) is 4.79. The third-order valence-corrected chi connectivity index (χ3v) is 1.79. The van der Waals surface area contributed by atoms with Crippen LogP contribution in [0.2, 0.25) is 0 Å². The van der Waals surface area contributed by atoms with Gasteiger partial charge in [0.15, 0.2) is 0 Å². The van der Waals surface area contributed by atoms with E-state index in [-0.39, 0.29) is 21.1 Å². The molecule has 1 fully saturated rings. The van der Waals surface area contributed by atoms with E-state index in [2.05, 4.69) is 6.07 Å². The Morgan fingerprint density at radius 1 is 1.23 bits per heavy atom. The fourth-order valence-corrected chi connectivity index (χ4v) is 1.23. The van der Waals surface area contributed by atoms with Gasteiger partial charge < -0.3 is 0 Å². The molecule has 0 radical (unpaired) electrons. The second-order valence-corrected chi connectivity index (χ2v) is 4.05. The van der Waals surface area contributed by atoms with Crippen LogP contribution in [0.25, 0.3) is 0 Å². The normalized spacial score (nSPS) is 16.5. The van der Waals surface area contributed by atoms with Gasteiger partial charge >= 0.3 is 0 Å². The fourth-order valence-electron chi connectivity index (χ4n) is 1.23. The second kappa shape index (κ2) is 10.8. The van der Waals surface area contributed by atoms with Crippen LogP contribution in [0.15, 0.2) is 0 Å². The van der Waals surface area contributed by atoms with Crippen LogP contribution in [0.1, 0.15) is 32.1 Å². The number of hydrogen-bond donors (Lipinski definition) is 0. The predicted molar refractivity (Wildman–Crippen MR) is 51.7 cm³/mol. The Morgan fingerprint density at radius 2 is 1.62 bits per heavy atom. The van der Waals surface area contributed by atoms with Crippen LogP contribution in [0, 0.1) is 17.2 Å². The van der Waals surface area contributed by atoms with E-state index in [1.165, 1.54) is 26.3 Å². The Labute approximate surface area is 105 Å². The Balaban J connectivity index is 0. The standard InChI is InChI=1S/C7H11N.CH3Cl2N.Pt/c8-6-7-4-2-1-3-5-7;1-4(2)3;/h7H,1-5H2;1H3;. The molecule has 1 aliphatic carbocycles. The van der Waals surface area contributed by atoms with E-state index in [0.717, 1.165) is 16.8 Å². The summed E-state index contributed by atoms with van der Waals surface area (Å²) < 4.78 is 0.944. The summed E-state index contributed by atoms with van der Waals surface area (Å²) in [6.07, 6.45) is 6.20. The molecule has 0 aromatic heterocycles. The van der Waals surface area contributed by atoms with Gasteiger partial charge in [-0.2, -0.15) is 5.26 Å². The van der Waals surface area contributed by atoms with E-state index < -0.39 is 0 Å². The molecular formula is C8H14Cl2N2Pt. The molecule has 0 bridgehead atoms. The summed E-state index contributed by atoms with van der Waals surface area (Å²) in [5, 5.41) is 8.44. The van der Waals surface area contributed by atoms with Gasteiger partial charge in [-0.05, 0) is 36.4 Å². The fraction of sp³-hybridized carbons (Fsp3) is 0.875. The van der Waals surface area contributed by atoms with Gasteiger partial charge in [0.2, 0.25) is 0 Å². The van der Waals surface area contributed by atoms with Crippen molar-refractivity contribution in [2.75, 3.05) is 7.05 Å². The van der Waals surface area contributed by atoms with Gasteiger partial charge in [0.05, 0.1) is 6.07 Å². The van der Waals surface area contributed by atoms with Crippen molar-refractivity contribution < 1.29 is 21.1 Å². The van der Waals surface area contributed by atoms with Crippen molar-refractivity contribution in [3.05, 3.63) is 0 Å². The zero-order valence-electron chi connectivity index (χ0n) is 7.58. The van der Waals surface area contributed by atoms with Gasteiger partial charge in [-0.3, -0.25) is 0 Å². The maximum absolute atomic E-state index is 8.44. The maximum Gasteiger partial charge on any atom is 0.0655 e. The molecule has 5 heteroatoms. The van der Waals surface area contributed by atoms with Crippen LogP contribution in [0.5, 0.6) is 0 Å². The molecule has 0 unspecified atom stereocenters. The molecule has 0 heterocycles. The van der Waals surface area contributed by atoms with Gasteiger partial charge in [-0.1, -0.05) is 19.3 Å². The SMILES string of the molecule is CN(Cl)Cl.N#CC1CCCCC1.[Pt]. The third-order valence-electron chi connectivity index (χ3n) is 1.79. The Hall–Kier alpha value is 0.718. The van der Waals surface area contributed by atoms with Crippen molar-refractivity contribution in [3.8, 4) is 6.07 Å². The first kappa shape index (κ1) is 16.2. The van der Waals surface area contributed by atoms with E-state index in [1.54, 1.807) is 0 Å². The molecule has 0 aromatic rings. The van der Waals surface area contributed by atoms with E-state index >= 15 is 0 Å². The van der Waals surface area contributed by atoms with E-state index in [0.29, 0.717) is 5.92 Å². The Bertz CT molecular complexity index is 139. The summed E-state index contributed by atoms with van der Waals surface area (Å²) in [7, 11) is 1.53. The molecule has 1 rings (SSSR count). The van der Waals surface area contributed by atoms with Crippen molar-refractivity contribution in [2.45, 2.75) is 32.1 Å². The third kappa shape index (κ3) is 12.7. The Kier molecular flexibility index (Phi) is 13.4. The number of hydrogen-bond acceptors (Lipinski definition) is 2. The quantitative estimate of drug-likeness (QED) is 0.580. The molecule has 1 saturated carbocycles. The minimum atomic E-state index is 0. The number of nitriles is 1. The van der Waals surface area contributed by atoms with Gasteiger partial charge in [0, 0.05) is 34.0 Å². The van der Waals surface area contributed by atoms with E-state index in [4.69, 9.17) is 28.8 Å². The zero-order valence-corrected chi connectivity index (χ0v) is 11.4. The topological polar surface area (TPSA) is 27.0 Å². The van der Waals surface area contributed by atoms with E-state index in [1.807, 2.05) is 0 Å². The van der Waals surface area contributed by atoms with Crippen LogP contribution in [0.3, 0.4) is 0 Å². The number of halogens is 2. The maximum atomic E-state index is 8.44. The summed E-state index contributed by atoms with van der Waals surface area (Å²) in [5.41, 5.74) is 0. The van der Waals surface area contributed by atoms with E-state index in [9.17, 15) is 0 Å². The Morgan fingerprint density at radius 3 is 1.85 bits per heavy atom. The summed E-state index contributed by atoms with van der Waals surface area (Å²) in [6.45, 7) is 0. The minimum absolute atomic E-state index is 0. The predicted octanol–water partition coefficient (Wildman–Crippen LogP) is 3.31. The van der Waals surface area contributed by atoms with Crippen LogP contribution in [0.4, 0.5) is 0 Å². The van der Waals surface area contributed by atoms with Gasteiger partial charge in [-0.25, -0.2) is 0 Å². The number of rotatable bonds is 0. The second-order valence-electron chi connectivity index (χ2n) is 2.87. The first-order valence-electron chi connectivity index (χ1n) is 4.11. The molecule has 0 spiro atoms. The summed E-state index contributed by atoms with van der Waals surface area (Å²) >= 11 is 9.75. The number of nitrogens with zero attached hydrogens (tertiary/aromatic N) is 2. The molecule has 0 aliphatic heterocycles. The van der Waals surface area contributed by atoms with Gasteiger partial charge in [-0.15, -0.1) is 3.94 Å². The first-order chi connectivity index (χ1) is 5.66. The van der Waals surface area contributed by atoms with Crippen molar-refractivity contribution in [1.29, 1.82) is 5.26 Å². The van der Waals surface area contributed by atoms with Crippen LogP contribution < -0.4 is 0 Å².